The van der Waals surface area contributed by atoms with Crippen LogP contribution in [0.4, 0.5) is 0 Å². The summed E-state index contributed by atoms with van der Waals surface area (Å²) in [4.78, 5) is 0. The van der Waals surface area contributed by atoms with Crippen molar-refractivity contribution in [2.24, 2.45) is 0 Å². The van der Waals surface area contributed by atoms with Crippen LogP contribution in [0.5, 0.6) is 0 Å². The van der Waals surface area contributed by atoms with Gasteiger partial charge in [-0.2, -0.15) is 0 Å². The van der Waals surface area contributed by atoms with Gasteiger partial charge in [0, 0.05) is 0 Å². The second kappa shape index (κ2) is 6.52. The standard InChI is InChI=1S/2C7H7.Bi.BrH/c2*1-7-5-3-2-4-6-7;;/h2*3-6H,1H3;;1H. The van der Waals surface area contributed by atoms with E-state index in [0.29, 0.717) is 0 Å². The average molecular weight is 472 g/mol. The Hall–Kier alpha value is -0.197. The van der Waals surface area contributed by atoms with Crippen molar-refractivity contribution in [3.63, 3.8) is 0 Å². The molecule has 2 aromatic rings. The molecule has 1 radical (unpaired) electrons. The van der Waals surface area contributed by atoms with Crippen LogP contribution in [0.3, 0.4) is 0 Å². The number of rotatable bonds is 2. The van der Waals surface area contributed by atoms with E-state index in [4.69, 9.17) is 0 Å². The molecule has 0 aliphatic rings. The first-order valence-corrected chi connectivity index (χ1v) is 8.57. The van der Waals surface area contributed by atoms with E-state index in [0.717, 1.165) is 0 Å². The molecule has 0 unspecified atom stereocenters. The quantitative estimate of drug-likeness (QED) is 0.590. The Morgan fingerprint density at radius 1 is 0.625 bits per heavy atom. The van der Waals surface area contributed by atoms with E-state index in [2.05, 4.69) is 62.4 Å². The summed E-state index contributed by atoms with van der Waals surface area (Å²) in [5.41, 5.74) is 2.70. The second-order valence-corrected chi connectivity index (χ2v) is 8.67. The topological polar surface area (TPSA) is 0 Å². The van der Waals surface area contributed by atoms with Crippen LogP contribution in [-0.4, -0.2) is 23.2 Å². The van der Waals surface area contributed by atoms with Crippen LogP contribution >= 0.6 is 17.0 Å². The van der Waals surface area contributed by atoms with Gasteiger partial charge in [0.25, 0.3) is 0 Å². The van der Waals surface area contributed by atoms with Crippen molar-refractivity contribution in [1.82, 2.24) is 0 Å². The van der Waals surface area contributed by atoms with E-state index in [1.807, 2.05) is 0 Å². The molecule has 0 heterocycles. The Balaban J connectivity index is 0.00000128. The minimum absolute atomic E-state index is 0. The second-order valence-electron chi connectivity index (χ2n) is 3.78. The molecule has 0 aliphatic heterocycles. The third-order valence-corrected chi connectivity index (χ3v) is 6.65. The van der Waals surface area contributed by atoms with Gasteiger partial charge in [0.15, 0.2) is 0 Å². The Morgan fingerprint density at radius 2 is 0.938 bits per heavy atom. The van der Waals surface area contributed by atoms with Crippen molar-refractivity contribution in [2.45, 2.75) is 13.8 Å². The first-order valence-electron chi connectivity index (χ1n) is 5.09. The van der Waals surface area contributed by atoms with Gasteiger partial charge in [-0.05, 0) is 0 Å². The monoisotopic (exact) mass is 471 g/mol. The molecule has 0 atom stereocenters. The van der Waals surface area contributed by atoms with Gasteiger partial charge in [-0.3, -0.25) is 0 Å². The van der Waals surface area contributed by atoms with Gasteiger partial charge in [0.05, 0.1) is 0 Å². The molecule has 0 nitrogen and oxygen atoms in total. The zero-order valence-electron chi connectivity index (χ0n) is 9.47. The number of benzene rings is 2. The van der Waals surface area contributed by atoms with Gasteiger partial charge in [-0.25, -0.2) is 0 Å². The van der Waals surface area contributed by atoms with Crippen LogP contribution in [0.15, 0.2) is 48.5 Å². The fourth-order valence-corrected chi connectivity index (χ4v) is 4.86. The third kappa shape index (κ3) is 3.99. The average Bonchev–Trinajstić information content (AvgIpc) is 2.25. The molecule has 0 aromatic heterocycles. The molecule has 0 spiro atoms. The van der Waals surface area contributed by atoms with Gasteiger partial charge in [-0.1, -0.05) is 0 Å². The first-order chi connectivity index (χ1) is 7.24. The number of hydrogen-bond donors (Lipinski definition) is 0. The Morgan fingerprint density at radius 3 is 1.25 bits per heavy atom. The van der Waals surface area contributed by atoms with Crippen molar-refractivity contribution in [3.8, 4) is 0 Å². The first kappa shape index (κ1) is 13.9. The van der Waals surface area contributed by atoms with E-state index in [1.165, 1.54) is 11.1 Å². The molecule has 16 heavy (non-hydrogen) atoms. The van der Waals surface area contributed by atoms with E-state index in [9.17, 15) is 0 Å². The van der Waals surface area contributed by atoms with Crippen molar-refractivity contribution < 1.29 is 0 Å². The van der Waals surface area contributed by atoms with Gasteiger partial charge >= 0.3 is 103 Å². The van der Waals surface area contributed by atoms with Crippen molar-refractivity contribution in [1.29, 1.82) is 0 Å². The molecule has 0 N–H and O–H groups in total. The Labute approximate surface area is 119 Å². The van der Waals surface area contributed by atoms with Gasteiger partial charge < -0.3 is 0 Å². The number of hydrogen-bond acceptors (Lipinski definition) is 0. The van der Waals surface area contributed by atoms with Crippen molar-refractivity contribution in [2.75, 3.05) is 0 Å². The summed E-state index contributed by atoms with van der Waals surface area (Å²) in [7, 11) is 0. The number of aryl methyl sites for hydroxylation is 2. The summed E-state index contributed by atoms with van der Waals surface area (Å²) in [6, 6.07) is 18.0. The summed E-state index contributed by atoms with van der Waals surface area (Å²) < 4.78 is 3.12. The zero-order chi connectivity index (χ0) is 10.7. The van der Waals surface area contributed by atoms with Crippen LogP contribution < -0.4 is 6.54 Å². The molecular weight excluding hydrogens is 457 g/mol. The molecule has 0 saturated heterocycles. The van der Waals surface area contributed by atoms with Gasteiger partial charge in [0.2, 0.25) is 0 Å². The van der Waals surface area contributed by atoms with E-state index in [-0.39, 0.29) is 17.0 Å². The predicted octanol–water partition coefficient (Wildman–Crippen LogP) is 2.54. The molecule has 83 valence electrons. The van der Waals surface area contributed by atoms with Crippen LogP contribution in [-0.2, 0) is 0 Å². The maximum absolute atomic E-state index is 2.28. The molecule has 2 rings (SSSR count). The molecule has 2 aromatic carbocycles. The van der Waals surface area contributed by atoms with Gasteiger partial charge in [0.1, 0.15) is 0 Å². The Kier molecular flexibility index (Phi) is 5.65. The number of halogens is 1. The van der Waals surface area contributed by atoms with Crippen LogP contribution in [0.2, 0.25) is 0 Å². The summed E-state index contributed by atoms with van der Waals surface area (Å²) >= 11 is -0.654. The normalized spacial score (nSPS) is 9.62. The van der Waals surface area contributed by atoms with Crippen LogP contribution in [0.25, 0.3) is 0 Å². The van der Waals surface area contributed by atoms with E-state index >= 15 is 0 Å². The summed E-state index contributed by atoms with van der Waals surface area (Å²) in [6.45, 7) is 4.28. The summed E-state index contributed by atoms with van der Waals surface area (Å²) in [6.07, 6.45) is 0. The fourth-order valence-electron chi connectivity index (χ4n) is 1.39. The summed E-state index contributed by atoms with van der Waals surface area (Å²) in [5, 5.41) is 0. The Bertz CT molecular complexity index is 388. The predicted molar refractivity (Wildman–Crippen MR) is 77.7 cm³/mol. The molecule has 0 saturated carbocycles. The minimum atomic E-state index is -0.654. The van der Waals surface area contributed by atoms with E-state index < -0.39 is 23.2 Å². The third-order valence-electron chi connectivity index (χ3n) is 2.33. The van der Waals surface area contributed by atoms with Crippen molar-refractivity contribution >= 4 is 46.8 Å². The SMILES string of the molecule is Br.Cc1cc[c]([Bi][c]2ccc(C)cc2)cc1. The molecule has 0 fully saturated rings. The van der Waals surface area contributed by atoms with E-state index in [1.54, 1.807) is 6.54 Å². The fraction of sp³-hybridized carbons (Fsp3) is 0.143. The zero-order valence-corrected chi connectivity index (χ0v) is 14.7. The molecule has 0 bridgehead atoms. The van der Waals surface area contributed by atoms with Gasteiger partial charge in [-0.15, -0.1) is 17.0 Å². The van der Waals surface area contributed by atoms with Crippen molar-refractivity contribution in [3.05, 3.63) is 59.7 Å². The van der Waals surface area contributed by atoms with Crippen LogP contribution in [0, 0.1) is 13.8 Å². The molecular formula is C14H15BiBr. The maximum atomic E-state index is 2.28. The molecule has 0 aliphatic carbocycles. The van der Waals surface area contributed by atoms with Crippen LogP contribution in [0.1, 0.15) is 11.1 Å². The molecule has 2 heteroatoms. The molecule has 0 amide bonds. The summed E-state index contributed by atoms with van der Waals surface area (Å²) in [5.74, 6) is 0.